The first-order valence-electron chi connectivity index (χ1n) is 14.7. The van der Waals surface area contributed by atoms with Crippen LogP contribution in [0.3, 0.4) is 0 Å². The Morgan fingerprint density at radius 1 is 1.02 bits per heavy atom. The van der Waals surface area contributed by atoms with Gasteiger partial charge in [-0.25, -0.2) is 9.59 Å². The zero-order valence-electron chi connectivity index (χ0n) is 26.6. The molecule has 13 nitrogen and oxygen atoms in total. The molecular formula is C31H46N4O9. The monoisotopic (exact) mass is 618 g/mol. The fraction of sp³-hybridized carbons (Fsp3) is 0.581. The number of amides is 3. The lowest BCUT2D eigenvalue weighted by Gasteiger charge is -2.32. The van der Waals surface area contributed by atoms with Crippen molar-refractivity contribution in [2.45, 2.75) is 84.7 Å². The van der Waals surface area contributed by atoms with Gasteiger partial charge in [-0.3, -0.25) is 14.4 Å². The molecule has 0 saturated carbocycles. The lowest BCUT2D eigenvalue weighted by molar-refractivity contribution is -0.120. The summed E-state index contributed by atoms with van der Waals surface area (Å²) in [7, 11) is 2.93. The van der Waals surface area contributed by atoms with Crippen molar-refractivity contribution in [2.24, 2.45) is 23.3 Å². The van der Waals surface area contributed by atoms with Crippen molar-refractivity contribution in [1.82, 2.24) is 10.6 Å². The molecule has 2 rings (SSSR count). The number of nitrogens with two attached hydrogens (primary N) is 2. The minimum Gasteiger partial charge on any atom is -0.443 e. The molecule has 0 aromatic rings. The van der Waals surface area contributed by atoms with Crippen LogP contribution in [0, 0.1) is 11.8 Å². The molecule has 1 aliphatic heterocycles. The third-order valence-corrected chi connectivity index (χ3v) is 7.69. The number of hydrogen-bond acceptors (Lipinski definition) is 10. The van der Waals surface area contributed by atoms with Gasteiger partial charge < -0.3 is 41.0 Å². The Morgan fingerprint density at radius 3 is 2.23 bits per heavy atom. The van der Waals surface area contributed by atoms with Crippen LogP contribution in [0.15, 0.2) is 46.3 Å². The lowest BCUT2D eigenvalue weighted by atomic mass is 9.85. The van der Waals surface area contributed by atoms with Crippen molar-refractivity contribution in [3.05, 3.63) is 46.3 Å². The molecule has 0 aromatic carbocycles. The van der Waals surface area contributed by atoms with Gasteiger partial charge in [0.1, 0.15) is 6.10 Å². The third kappa shape index (κ3) is 9.78. The summed E-state index contributed by atoms with van der Waals surface area (Å²) in [6.45, 7) is 9.22. The van der Waals surface area contributed by atoms with Crippen molar-refractivity contribution < 1.29 is 42.9 Å². The third-order valence-electron chi connectivity index (χ3n) is 7.69. The van der Waals surface area contributed by atoms with E-state index in [1.165, 1.54) is 14.2 Å². The molecule has 6 atom stereocenters. The van der Waals surface area contributed by atoms with E-state index >= 15 is 0 Å². The number of ether oxygens (including phenoxy) is 4. The molecule has 0 spiro atoms. The Hall–Kier alpha value is -3.97. The highest BCUT2D eigenvalue weighted by Gasteiger charge is 2.35. The van der Waals surface area contributed by atoms with E-state index in [-0.39, 0.29) is 29.3 Å². The first kappa shape index (κ1) is 36.2. The second-order valence-corrected chi connectivity index (χ2v) is 11.2. The molecule has 0 fully saturated rings. The second-order valence-electron chi connectivity index (χ2n) is 11.2. The molecule has 0 radical (unpaired) electrons. The maximum atomic E-state index is 13.6. The zero-order chi connectivity index (χ0) is 33.1. The molecule has 2 unspecified atom stereocenters. The van der Waals surface area contributed by atoms with Crippen LogP contribution in [-0.4, -0.2) is 74.8 Å². The summed E-state index contributed by atoms with van der Waals surface area (Å²) in [5.41, 5.74) is 12.0. The smallest absolute Gasteiger partial charge is 0.405 e. The number of ketones is 2. The van der Waals surface area contributed by atoms with E-state index in [1.807, 2.05) is 13.8 Å². The van der Waals surface area contributed by atoms with Gasteiger partial charge in [-0.2, -0.15) is 0 Å². The number of carbonyl (C=O) groups excluding carboxylic acids is 5. The van der Waals surface area contributed by atoms with Gasteiger partial charge in [-0.15, -0.1) is 0 Å². The number of likely N-dealkylation sites (N-methyl/N-ethyl adjacent to an activating group) is 1. The van der Waals surface area contributed by atoms with Gasteiger partial charge in [-0.05, 0) is 57.9 Å². The maximum absolute atomic E-state index is 13.6. The lowest BCUT2D eigenvalue weighted by Crippen LogP contribution is -2.41. The van der Waals surface area contributed by atoms with E-state index in [0.717, 1.165) is 6.08 Å². The Morgan fingerprint density at radius 2 is 1.66 bits per heavy atom. The van der Waals surface area contributed by atoms with Gasteiger partial charge in [0, 0.05) is 43.9 Å². The van der Waals surface area contributed by atoms with Gasteiger partial charge in [-0.1, -0.05) is 26.0 Å². The Kier molecular flexibility index (Phi) is 13.8. The van der Waals surface area contributed by atoms with Gasteiger partial charge in [0.2, 0.25) is 11.6 Å². The number of carbonyl (C=O) groups is 5. The molecule has 6 N–H and O–H groups in total. The quantitative estimate of drug-likeness (QED) is 0.254. The van der Waals surface area contributed by atoms with E-state index in [2.05, 4.69) is 10.6 Å². The number of primary amides is 2. The van der Waals surface area contributed by atoms with E-state index in [9.17, 15) is 24.0 Å². The van der Waals surface area contributed by atoms with Crippen LogP contribution in [0.4, 0.5) is 9.59 Å². The van der Waals surface area contributed by atoms with Crippen molar-refractivity contribution in [3.8, 4) is 0 Å². The van der Waals surface area contributed by atoms with Gasteiger partial charge >= 0.3 is 12.2 Å². The first-order valence-corrected chi connectivity index (χ1v) is 14.7. The molecule has 0 aromatic heterocycles. The van der Waals surface area contributed by atoms with E-state index in [4.69, 9.17) is 30.4 Å². The van der Waals surface area contributed by atoms with Gasteiger partial charge in [0.25, 0.3) is 5.91 Å². The average Bonchev–Trinajstić information content (AvgIpc) is 2.95. The molecule has 1 aliphatic carbocycles. The van der Waals surface area contributed by atoms with Crippen LogP contribution in [0.5, 0.6) is 0 Å². The first-order chi connectivity index (χ1) is 20.7. The fourth-order valence-corrected chi connectivity index (χ4v) is 5.56. The molecule has 3 amide bonds. The Bertz CT molecular complexity index is 1240. The fourth-order valence-electron chi connectivity index (χ4n) is 5.56. The number of allylic oxidation sites excluding steroid dienone is 3. The molecule has 244 valence electrons. The highest BCUT2D eigenvalue weighted by atomic mass is 16.6. The van der Waals surface area contributed by atoms with Gasteiger partial charge in [0.15, 0.2) is 6.10 Å². The van der Waals surface area contributed by atoms with Crippen LogP contribution in [0.2, 0.25) is 0 Å². The molecule has 44 heavy (non-hydrogen) atoms. The second kappa shape index (κ2) is 16.8. The average molecular weight is 619 g/mol. The summed E-state index contributed by atoms with van der Waals surface area (Å²) in [4.78, 5) is 63.5. The van der Waals surface area contributed by atoms with Crippen molar-refractivity contribution >= 4 is 29.7 Å². The number of nitrogens with one attached hydrogen (secondary N) is 2. The Labute approximate surface area is 258 Å². The number of Topliss-reactive ketones (excluding diaryl/α,β-unsaturated/α-hetero) is 1. The number of fused-ring (bicyclic) bond motifs is 2. The van der Waals surface area contributed by atoms with E-state index < -0.39 is 60.0 Å². The number of methoxy groups -OCH3 is 2. The minimum absolute atomic E-state index is 0.120. The summed E-state index contributed by atoms with van der Waals surface area (Å²) in [5.74, 6) is -2.16. The van der Waals surface area contributed by atoms with Crippen LogP contribution in [0.1, 0.15) is 60.3 Å². The minimum atomic E-state index is -1.00. The standard InChI is InChI=1S/C31H46N4O9/c1-8-34-25-20-12-16(2)13-24(42-7)28(44-31(33)40)19(5)14-18(4)27(43-30(32)39)23(41-6)11-9-10-17(3)29(38)35-21(26(20)37)15-22(25)36/h10,14-16,19,23-24,27-28,34H,8-9,11-13H2,1-7H3,(H2,32,39)(H2,33,40)(H,35,38)/b17-10+,18-14+/t16-,19+,23+,24+,27?,28?/m1/s1. The largest absolute Gasteiger partial charge is 0.443 e. The number of hydrogen-bond donors (Lipinski definition) is 4. The van der Waals surface area contributed by atoms with E-state index in [1.54, 1.807) is 32.9 Å². The summed E-state index contributed by atoms with van der Waals surface area (Å²) < 4.78 is 22.4. The highest BCUT2D eigenvalue weighted by molar-refractivity contribution is 6.23. The number of rotatable bonds is 6. The molecule has 1 heterocycles. The normalized spacial score (nSPS) is 30.2. The predicted molar refractivity (Wildman–Crippen MR) is 162 cm³/mol. The predicted octanol–water partition coefficient (Wildman–Crippen LogP) is 2.70. The van der Waals surface area contributed by atoms with Crippen molar-refractivity contribution in [3.63, 3.8) is 0 Å². The van der Waals surface area contributed by atoms with Crippen LogP contribution < -0.4 is 22.1 Å². The van der Waals surface area contributed by atoms with Crippen LogP contribution in [0.25, 0.3) is 0 Å². The van der Waals surface area contributed by atoms with Crippen LogP contribution in [-0.2, 0) is 33.3 Å². The summed E-state index contributed by atoms with van der Waals surface area (Å²) in [6.07, 6.45) is 0.652. The Balaban J connectivity index is 2.65. The van der Waals surface area contributed by atoms with Crippen molar-refractivity contribution in [2.75, 3.05) is 20.8 Å². The molecule has 0 saturated heterocycles. The van der Waals surface area contributed by atoms with Crippen molar-refractivity contribution in [1.29, 1.82) is 0 Å². The molecule has 2 aliphatic rings. The molecule has 2 bridgehead atoms. The maximum Gasteiger partial charge on any atom is 0.405 e. The summed E-state index contributed by atoms with van der Waals surface area (Å²) >= 11 is 0. The summed E-state index contributed by atoms with van der Waals surface area (Å²) in [6, 6.07) is 0. The van der Waals surface area contributed by atoms with Gasteiger partial charge in [0.05, 0.1) is 23.6 Å². The SMILES string of the molecule is CCNC1=C2C[C@@H](C)C[C@H](OC)C(OC(N)=O)[C@@H](C)/C=C(\C)C(OC(N)=O)[C@@H](OC)CC/C=C(\C)C(=O)NC(=CC1=O)C2=O. The van der Waals surface area contributed by atoms with E-state index in [0.29, 0.717) is 37.0 Å². The zero-order valence-corrected chi connectivity index (χ0v) is 26.6. The summed E-state index contributed by atoms with van der Waals surface area (Å²) in [5, 5.41) is 5.58. The highest BCUT2D eigenvalue weighted by Crippen LogP contribution is 2.30. The van der Waals surface area contributed by atoms with Crippen LogP contribution >= 0.6 is 0 Å². The molecule has 13 heteroatoms. The molecular weight excluding hydrogens is 572 g/mol. The topological polar surface area (TPSA) is 198 Å².